The predicted octanol–water partition coefficient (Wildman–Crippen LogP) is 3.01. The third-order valence-corrected chi connectivity index (χ3v) is 4.90. The average Bonchev–Trinajstić information content (AvgIpc) is 2.76. The van der Waals surface area contributed by atoms with E-state index in [0.717, 1.165) is 31.5 Å². The van der Waals surface area contributed by atoms with Crippen molar-refractivity contribution in [3.8, 4) is 17.2 Å². The zero-order chi connectivity index (χ0) is 19.8. The number of rotatable bonds is 8. The molecular formula is C22H28N2O4. The normalized spacial score (nSPS) is 16.3. The third-order valence-electron chi connectivity index (χ3n) is 4.90. The zero-order valence-corrected chi connectivity index (χ0v) is 16.5. The molecule has 28 heavy (non-hydrogen) atoms. The molecule has 0 bridgehead atoms. The average molecular weight is 384 g/mol. The Kier molecular flexibility index (Phi) is 7.14. The van der Waals surface area contributed by atoms with Crippen LogP contribution in [0.2, 0.25) is 0 Å². The van der Waals surface area contributed by atoms with Crippen molar-refractivity contribution < 1.29 is 19.0 Å². The number of carbonyl (C=O) groups is 1. The van der Waals surface area contributed by atoms with Crippen molar-refractivity contribution in [2.24, 2.45) is 5.92 Å². The molecule has 1 saturated heterocycles. The standard InChI is InChI=1S/C22H28N2O4/c1-26-19-11-18(22(25)24-14-17-9-6-10-23-13-17)12-20(27-2)21(19)28-15-16-7-4-3-5-8-16/h3-5,7-8,11-12,17,23H,6,9-10,13-15H2,1-2H3,(H,24,25). The Morgan fingerprint density at radius 1 is 1.14 bits per heavy atom. The Hall–Kier alpha value is -2.73. The highest BCUT2D eigenvalue weighted by Crippen LogP contribution is 2.39. The molecule has 2 N–H and O–H groups in total. The molecule has 1 fully saturated rings. The van der Waals surface area contributed by atoms with Gasteiger partial charge in [0, 0.05) is 12.1 Å². The van der Waals surface area contributed by atoms with E-state index in [1.54, 1.807) is 26.4 Å². The molecule has 2 aromatic rings. The summed E-state index contributed by atoms with van der Waals surface area (Å²) >= 11 is 0. The van der Waals surface area contributed by atoms with Crippen molar-refractivity contribution in [3.63, 3.8) is 0 Å². The largest absolute Gasteiger partial charge is 0.493 e. The van der Waals surface area contributed by atoms with E-state index < -0.39 is 0 Å². The highest BCUT2D eigenvalue weighted by atomic mass is 16.5. The topological polar surface area (TPSA) is 68.8 Å². The molecule has 1 atom stereocenters. The van der Waals surface area contributed by atoms with Crippen molar-refractivity contribution in [1.29, 1.82) is 0 Å². The molecule has 150 valence electrons. The van der Waals surface area contributed by atoms with Crippen molar-refractivity contribution in [1.82, 2.24) is 10.6 Å². The van der Waals surface area contributed by atoms with E-state index in [0.29, 0.717) is 41.9 Å². The lowest BCUT2D eigenvalue weighted by atomic mass is 9.99. The smallest absolute Gasteiger partial charge is 0.251 e. The predicted molar refractivity (Wildman–Crippen MR) is 108 cm³/mol. The van der Waals surface area contributed by atoms with Crippen LogP contribution in [0.25, 0.3) is 0 Å². The number of benzene rings is 2. The quantitative estimate of drug-likeness (QED) is 0.732. The molecule has 1 amide bonds. The van der Waals surface area contributed by atoms with Crippen LogP contribution in [0.3, 0.4) is 0 Å². The van der Waals surface area contributed by atoms with E-state index >= 15 is 0 Å². The first-order valence-electron chi connectivity index (χ1n) is 9.63. The lowest BCUT2D eigenvalue weighted by Crippen LogP contribution is -2.38. The summed E-state index contributed by atoms with van der Waals surface area (Å²) in [6.45, 7) is 3.04. The first-order valence-corrected chi connectivity index (χ1v) is 9.63. The van der Waals surface area contributed by atoms with Crippen molar-refractivity contribution in [2.45, 2.75) is 19.4 Å². The van der Waals surface area contributed by atoms with E-state index in [1.165, 1.54) is 0 Å². The summed E-state index contributed by atoms with van der Waals surface area (Å²) in [5, 5.41) is 6.38. The van der Waals surface area contributed by atoms with Gasteiger partial charge < -0.3 is 24.8 Å². The molecule has 1 unspecified atom stereocenters. The van der Waals surface area contributed by atoms with Crippen LogP contribution in [0.5, 0.6) is 17.2 Å². The Bertz CT molecular complexity index is 748. The second-order valence-electron chi connectivity index (χ2n) is 6.91. The van der Waals surface area contributed by atoms with Crippen LogP contribution in [-0.2, 0) is 6.61 Å². The van der Waals surface area contributed by atoms with Gasteiger partial charge in [-0.25, -0.2) is 0 Å². The van der Waals surface area contributed by atoms with E-state index in [-0.39, 0.29) is 5.91 Å². The van der Waals surface area contributed by atoms with Crippen molar-refractivity contribution in [3.05, 3.63) is 53.6 Å². The highest BCUT2D eigenvalue weighted by molar-refractivity contribution is 5.95. The van der Waals surface area contributed by atoms with Crippen molar-refractivity contribution >= 4 is 5.91 Å². The summed E-state index contributed by atoms with van der Waals surface area (Å²) in [7, 11) is 3.11. The van der Waals surface area contributed by atoms with Crippen LogP contribution < -0.4 is 24.8 Å². The van der Waals surface area contributed by atoms with Gasteiger partial charge in [-0.1, -0.05) is 30.3 Å². The SMILES string of the molecule is COc1cc(C(=O)NCC2CCCNC2)cc(OC)c1OCc1ccccc1. The second-order valence-corrected chi connectivity index (χ2v) is 6.91. The molecule has 1 heterocycles. The Morgan fingerprint density at radius 2 is 1.86 bits per heavy atom. The van der Waals surface area contributed by atoms with Crippen LogP contribution in [0.15, 0.2) is 42.5 Å². The number of ether oxygens (including phenoxy) is 3. The molecule has 0 aromatic heterocycles. The number of carbonyl (C=O) groups excluding carboxylic acids is 1. The Labute approximate surface area is 166 Å². The summed E-state index contributed by atoms with van der Waals surface area (Å²) in [6.07, 6.45) is 2.28. The summed E-state index contributed by atoms with van der Waals surface area (Å²) in [5.74, 6) is 1.76. The first-order chi connectivity index (χ1) is 13.7. The Morgan fingerprint density at radius 3 is 2.46 bits per heavy atom. The molecule has 1 aliphatic rings. The number of hydrogen-bond acceptors (Lipinski definition) is 5. The van der Waals surface area contributed by atoms with Crippen LogP contribution >= 0.6 is 0 Å². The van der Waals surface area contributed by atoms with Crippen LogP contribution in [0.4, 0.5) is 0 Å². The molecule has 2 aromatic carbocycles. The third kappa shape index (κ3) is 5.16. The van der Waals surface area contributed by atoms with Gasteiger partial charge in [0.15, 0.2) is 11.5 Å². The lowest BCUT2D eigenvalue weighted by Gasteiger charge is -2.23. The molecule has 0 radical (unpaired) electrons. The van der Waals surface area contributed by atoms with Gasteiger partial charge in [-0.2, -0.15) is 0 Å². The van der Waals surface area contributed by atoms with Gasteiger partial charge in [0.2, 0.25) is 5.75 Å². The summed E-state index contributed by atoms with van der Waals surface area (Å²) in [6, 6.07) is 13.2. The molecule has 0 aliphatic carbocycles. The maximum absolute atomic E-state index is 12.6. The molecule has 6 heteroatoms. The molecular weight excluding hydrogens is 356 g/mol. The fraction of sp³-hybridized carbons (Fsp3) is 0.409. The molecule has 0 saturated carbocycles. The van der Waals surface area contributed by atoms with Crippen LogP contribution in [-0.4, -0.2) is 39.8 Å². The van der Waals surface area contributed by atoms with Crippen molar-refractivity contribution in [2.75, 3.05) is 33.9 Å². The van der Waals surface area contributed by atoms with Gasteiger partial charge in [-0.05, 0) is 49.5 Å². The lowest BCUT2D eigenvalue weighted by molar-refractivity contribution is 0.0944. The van der Waals surface area contributed by atoms with E-state index in [1.807, 2.05) is 30.3 Å². The molecule has 3 rings (SSSR count). The second kappa shape index (κ2) is 9.99. The maximum Gasteiger partial charge on any atom is 0.251 e. The van der Waals surface area contributed by atoms with Gasteiger partial charge >= 0.3 is 0 Å². The minimum absolute atomic E-state index is 0.142. The monoisotopic (exact) mass is 384 g/mol. The number of piperidine rings is 1. The van der Waals surface area contributed by atoms with Crippen LogP contribution in [0, 0.1) is 5.92 Å². The first kappa shape index (κ1) is 20.0. The number of methoxy groups -OCH3 is 2. The summed E-state index contributed by atoms with van der Waals surface area (Å²) in [5.41, 5.74) is 1.53. The molecule has 1 aliphatic heterocycles. The fourth-order valence-corrected chi connectivity index (χ4v) is 3.32. The molecule has 6 nitrogen and oxygen atoms in total. The summed E-state index contributed by atoms with van der Waals surface area (Å²) < 4.78 is 16.9. The van der Waals surface area contributed by atoms with Gasteiger partial charge in [0.1, 0.15) is 6.61 Å². The van der Waals surface area contributed by atoms with Crippen LogP contribution in [0.1, 0.15) is 28.8 Å². The van der Waals surface area contributed by atoms with Gasteiger partial charge in [0.05, 0.1) is 14.2 Å². The fourth-order valence-electron chi connectivity index (χ4n) is 3.32. The van der Waals surface area contributed by atoms with Gasteiger partial charge in [-0.3, -0.25) is 4.79 Å². The zero-order valence-electron chi connectivity index (χ0n) is 16.5. The van der Waals surface area contributed by atoms with E-state index in [2.05, 4.69) is 10.6 Å². The number of amides is 1. The summed E-state index contributed by atoms with van der Waals surface area (Å²) in [4.78, 5) is 12.6. The van der Waals surface area contributed by atoms with E-state index in [9.17, 15) is 4.79 Å². The Balaban J connectivity index is 1.71. The van der Waals surface area contributed by atoms with Gasteiger partial charge in [-0.15, -0.1) is 0 Å². The van der Waals surface area contributed by atoms with Gasteiger partial charge in [0.25, 0.3) is 5.91 Å². The maximum atomic E-state index is 12.6. The minimum atomic E-state index is -0.142. The molecule has 0 spiro atoms. The highest BCUT2D eigenvalue weighted by Gasteiger charge is 2.19. The number of nitrogens with one attached hydrogen (secondary N) is 2. The van der Waals surface area contributed by atoms with E-state index in [4.69, 9.17) is 14.2 Å². The number of hydrogen-bond donors (Lipinski definition) is 2. The minimum Gasteiger partial charge on any atom is -0.493 e.